The lowest BCUT2D eigenvalue weighted by Crippen LogP contribution is -1.83. The molecule has 0 spiro atoms. The van der Waals surface area contributed by atoms with Crippen LogP contribution in [0.3, 0.4) is 0 Å². The van der Waals surface area contributed by atoms with Gasteiger partial charge in [0.05, 0.1) is 6.61 Å². The Morgan fingerprint density at radius 1 is 2.00 bits per heavy atom. The summed E-state index contributed by atoms with van der Waals surface area (Å²) in [5.74, 6) is 0. The van der Waals surface area contributed by atoms with Gasteiger partial charge in [-0.3, -0.25) is 0 Å². The van der Waals surface area contributed by atoms with Crippen LogP contribution in [0.4, 0.5) is 0 Å². The fraction of sp³-hybridized carbons (Fsp3) is 0.667. The van der Waals surface area contributed by atoms with Gasteiger partial charge in [0.2, 0.25) is 0 Å². The van der Waals surface area contributed by atoms with Crippen LogP contribution in [0.2, 0.25) is 0 Å². The van der Waals surface area contributed by atoms with Crippen molar-refractivity contribution in [2.75, 3.05) is 6.61 Å². The third-order valence-corrected chi connectivity index (χ3v) is 0.288. The molecular weight excluding hydrogens is 80.0 g/mol. The summed E-state index contributed by atoms with van der Waals surface area (Å²) < 4.78 is 4.44. The van der Waals surface area contributed by atoms with Crippen molar-refractivity contribution in [3.8, 4) is 0 Å². The quantitative estimate of drug-likeness (QED) is 0.206. The minimum absolute atomic E-state index is 0.546. The first-order chi connectivity index (χ1) is 2.91. The predicted octanol–water partition coefficient (Wildman–Crippen LogP) is 0.281. The van der Waals surface area contributed by atoms with Crippen LogP contribution < -0.4 is 0 Å². The van der Waals surface area contributed by atoms with Gasteiger partial charge in [-0.1, -0.05) is 0 Å². The Morgan fingerprint density at radius 3 is 2.83 bits per heavy atom. The normalized spacial score (nSPS) is 6.17. The molecule has 0 atom stereocenters. The van der Waals surface area contributed by atoms with Gasteiger partial charge >= 0.3 is 6.40 Å². The lowest BCUT2D eigenvalue weighted by Gasteiger charge is -1.77. The summed E-state index contributed by atoms with van der Waals surface area (Å²) in [6, 6.07) is 0. The van der Waals surface area contributed by atoms with Crippen LogP contribution in [-0.4, -0.2) is 17.8 Å². The molecule has 0 saturated carbocycles. The van der Waals surface area contributed by atoms with Gasteiger partial charge in [-0.15, -0.1) is 4.79 Å². The molecule has 0 aliphatic rings. The molecule has 0 heterocycles. The third-order valence-electron chi connectivity index (χ3n) is 0.288. The van der Waals surface area contributed by atoms with Crippen molar-refractivity contribution in [1.29, 1.82) is 0 Å². The van der Waals surface area contributed by atoms with Gasteiger partial charge in [-0.05, 0) is 6.92 Å². The summed E-state index contributed by atoms with van der Waals surface area (Å²) >= 11 is 0. The van der Waals surface area contributed by atoms with E-state index in [1.54, 1.807) is 0 Å². The van der Waals surface area contributed by atoms with Gasteiger partial charge in [0.25, 0.3) is 0 Å². The molecule has 0 aliphatic heterocycles. The topological polar surface area (TPSA) is 45.6 Å². The molecule has 0 saturated heterocycles. The Hall–Kier alpha value is -0.820. The monoisotopic (exact) mass is 86.0 g/mol. The van der Waals surface area contributed by atoms with Gasteiger partial charge in [-0.25, -0.2) is 0 Å². The number of rotatable bonds is 2. The summed E-state index contributed by atoms with van der Waals surface area (Å²) in [5.41, 5.74) is 7.64. The first-order valence-corrected chi connectivity index (χ1v) is 1.69. The second-order valence-electron chi connectivity index (χ2n) is 0.676. The Balaban J connectivity index is 2.86. The van der Waals surface area contributed by atoms with Crippen molar-refractivity contribution in [2.45, 2.75) is 6.92 Å². The molecule has 0 fully saturated rings. The molecule has 0 rings (SSSR count). The molecule has 0 N–H and O–H groups in total. The Labute approximate surface area is 36.2 Å². The summed E-state index contributed by atoms with van der Waals surface area (Å²) in [5, 5.41) is 0. The smallest absolute Gasteiger partial charge is 0.438 e. The van der Waals surface area contributed by atoms with E-state index in [-0.39, 0.29) is 0 Å². The van der Waals surface area contributed by atoms with Gasteiger partial charge in [-0.2, -0.15) is 0 Å². The molecule has 0 aromatic heterocycles. The number of hydrogen-bond donors (Lipinski definition) is 0. The molecule has 0 unspecified atom stereocenters. The lowest BCUT2D eigenvalue weighted by atomic mass is 10.9. The maximum atomic E-state index is 7.64. The van der Waals surface area contributed by atoms with Crippen LogP contribution in [0, 0.1) is 0 Å². The second kappa shape index (κ2) is 4.18. The molecule has 3 nitrogen and oxygen atoms in total. The molecule has 0 aliphatic carbocycles. The molecular formula is C3H6N2O. The van der Waals surface area contributed by atoms with Gasteiger partial charge in [0.15, 0.2) is 0 Å². The van der Waals surface area contributed by atoms with Crippen LogP contribution in [0.1, 0.15) is 6.92 Å². The SMILES string of the molecule is CCOC=[N+]=[N-]. The highest BCUT2D eigenvalue weighted by atomic mass is 16.5. The first kappa shape index (κ1) is 5.18. The Bertz CT molecular complexity index is 65.2. The van der Waals surface area contributed by atoms with E-state index in [4.69, 9.17) is 5.53 Å². The average molecular weight is 86.1 g/mol. The largest absolute Gasteiger partial charge is 0.438 e. The van der Waals surface area contributed by atoms with E-state index in [9.17, 15) is 0 Å². The molecule has 34 valence electrons. The van der Waals surface area contributed by atoms with E-state index < -0.39 is 0 Å². The number of nitrogens with zero attached hydrogens (tertiary/aromatic N) is 2. The maximum Gasteiger partial charge on any atom is 0.438 e. The van der Waals surface area contributed by atoms with E-state index >= 15 is 0 Å². The second-order valence-corrected chi connectivity index (χ2v) is 0.676. The van der Waals surface area contributed by atoms with Crippen molar-refractivity contribution in [3.05, 3.63) is 5.53 Å². The zero-order valence-electron chi connectivity index (χ0n) is 3.59. The summed E-state index contributed by atoms with van der Waals surface area (Å²) in [7, 11) is 0. The van der Waals surface area contributed by atoms with E-state index in [2.05, 4.69) is 9.53 Å². The predicted molar refractivity (Wildman–Crippen MR) is 21.3 cm³/mol. The molecule has 0 aromatic carbocycles. The average Bonchev–Trinajstić information content (AvgIpc) is 1.61. The van der Waals surface area contributed by atoms with Crippen LogP contribution in [0.25, 0.3) is 5.53 Å². The van der Waals surface area contributed by atoms with E-state index in [1.165, 1.54) is 0 Å². The number of ether oxygens (including phenoxy) is 1. The maximum absolute atomic E-state index is 7.64. The van der Waals surface area contributed by atoms with Crippen LogP contribution in [0.5, 0.6) is 0 Å². The zero-order chi connectivity index (χ0) is 4.83. The zero-order valence-corrected chi connectivity index (χ0v) is 3.59. The fourth-order valence-electron chi connectivity index (χ4n) is 0.108. The highest BCUT2D eigenvalue weighted by Gasteiger charge is 1.67. The summed E-state index contributed by atoms with van der Waals surface area (Å²) in [6.07, 6.45) is 0.986. The first-order valence-electron chi connectivity index (χ1n) is 1.69. The molecule has 3 heteroatoms. The van der Waals surface area contributed by atoms with Crippen LogP contribution in [-0.2, 0) is 4.74 Å². The summed E-state index contributed by atoms with van der Waals surface area (Å²) in [4.78, 5) is 2.58. The molecule has 0 aromatic rings. The molecule has 0 radical (unpaired) electrons. The highest BCUT2D eigenvalue weighted by Crippen LogP contribution is 1.56. The van der Waals surface area contributed by atoms with Crippen molar-refractivity contribution in [2.24, 2.45) is 0 Å². The van der Waals surface area contributed by atoms with Gasteiger partial charge in [0.1, 0.15) is 0 Å². The van der Waals surface area contributed by atoms with Crippen molar-refractivity contribution in [1.82, 2.24) is 0 Å². The molecule has 0 amide bonds. The van der Waals surface area contributed by atoms with Gasteiger partial charge in [0, 0.05) is 0 Å². The van der Waals surface area contributed by atoms with Gasteiger partial charge < -0.3 is 10.3 Å². The van der Waals surface area contributed by atoms with Crippen LogP contribution in [0.15, 0.2) is 0 Å². The minimum atomic E-state index is 0.546. The van der Waals surface area contributed by atoms with Crippen LogP contribution >= 0.6 is 0 Å². The lowest BCUT2D eigenvalue weighted by molar-refractivity contribution is -0.0262. The van der Waals surface area contributed by atoms with E-state index in [1.807, 2.05) is 6.92 Å². The molecule has 0 bridgehead atoms. The fourth-order valence-corrected chi connectivity index (χ4v) is 0.108. The van der Waals surface area contributed by atoms with Crippen molar-refractivity contribution in [3.63, 3.8) is 0 Å². The minimum Gasteiger partial charge on any atom is -0.438 e. The standard InChI is InChI=1S/C3H6N2O/c1-2-6-3-5-4/h3H,2H2,1H3. The van der Waals surface area contributed by atoms with E-state index in [0.29, 0.717) is 6.61 Å². The van der Waals surface area contributed by atoms with Crippen molar-refractivity contribution >= 4 is 6.40 Å². The Kier molecular flexibility index (Phi) is 3.61. The van der Waals surface area contributed by atoms with Crippen molar-refractivity contribution < 1.29 is 9.53 Å². The Morgan fingerprint density at radius 2 is 2.67 bits per heavy atom. The molecule has 6 heavy (non-hydrogen) atoms. The summed E-state index contributed by atoms with van der Waals surface area (Å²) in [6.45, 7) is 2.35. The highest BCUT2D eigenvalue weighted by molar-refractivity contribution is 5.37. The third kappa shape index (κ3) is 3.18. The van der Waals surface area contributed by atoms with E-state index in [0.717, 1.165) is 6.40 Å². The number of hydrogen-bond acceptors (Lipinski definition) is 1.